The first-order valence-electron chi connectivity index (χ1n) is 4.84. The van der Waals surface area contributed by atoms with E-state index in [1.54, 1.807) is 18.2 Å². The van der Waals surface area contributed by atoms with Gasteiger partial charge in [0.25, 0.3) is 5.91 Å². The molecule has 18 heavy (non-hydrogen) atoms. The van der Waals surface area contributed by atoms with Crippen molar-refractivity contribution in [3.63, 3.8) is 0 Å². The second kappa shape index (κ2) is 6.42. The number of benzene rings is 1. The van der Waals surface area contributed by atoms with Gasteiger partial charge < -0.3 is 14.8 Å². The number of rotatable bonds is 2. The van der Waals surface area contributed by atoms with Gasteiger partial charge in [-0.15, -0.1) is 35.9 Å². The summed E-state index contributed by atoms with van der Waals surface area (Å²) in [5.41, 5.74) is 0.237. The fourth-order valence-corrected chi connectivity index (χ4v) is 1.26. The molecular formula is C11H8N2O4W. The minimum absolute atomic E-state index is 0. The Kier molecular flexibility index (Phi) is 5.19. The number of hydrogen-bond acceptors (Lipinski definition) is 4. The Morgan fingerprint density at radius 1 is 1.44 bits per heavy atom. The Morgan fingerprint density at radius 2 is 2.22 bits per heavy atom. The molecule has 6 nitrogen and oxygen atoms in total. The molecule has 1 heterocycles. The summed E-state index contributed by atoms with van der Waals surface area (Å²) in [7, 11) is 0. The van der Waals surface area contributed by atoms with Crippen LogP contribution in [0.25, 0.3) is 5.32 Å². The predicted molar refractivity (Wildman–Crippen MR) is 55.9 cm³/mol. The molecule has 1 aliphatic rings. The van der Waals surface area contributed by atoms with Crippen molar-refractivity contribution in [2.75, 3.05) is 6.61 Å². The first kappa shape index (κ1) is 14.5. The molecule has 1 fully saturated rings. The van der Waals surface area contributed by atoms with Crippen LogP contribution in [0.5, 0.6) is 0 Å². The number of nitrogens with one attached hydrogen (secondary N) is 1. The van der Waals surface area contributed by atoms with Crippen molar-refractivity contribution in [3.05, 3.63) is 41.2 Å². The second-order valence-corrected chi connectivity index (χ2v) is 3.29. The van der Waals surface area contributed by atoms with E-state index in [0.29, 0.717) is 0 Å². The standard InChI is InChI=1S/C11H9N2O4.W/c14-8-6-17-11(10(16)12-8)13-9(15)7-4-2-1-3-5-7;/h1-4,11H,6H2,(H2,12,13,14,15,16);/q-1;+2/p-1. The topological polar surface area (TPSA) is 86.6 Å². The van der Waals surface area contributed by atoms with Gasteiger partial charge >= 0.3 is 21.1 Å². The molecule has 1 atom stereocenters. The normalized spacial score (nSPS) is 18.6. The Labute approximate surface area is 117 Å². The fourth-order valence-electron chi connectivity index (χ4n) is 1.26. The van der Waals surface area contributed by atoms with Gasteiger partial charge in [-0.2, -0.15) is 0 Å². The van der Waals surface area contributed by atoms with E-state index in [2.05, 4.69) is 11.4 Å². The van der Waals surface area contributed by atoms with Crippen LogP contribution in [0.2, 0.25) is 0 Å². The molecule has 0 aromatic heterocycles. The number of carbonyl (C=O) groups excluding carboxylic acids is 3. The van der Waals surface area contributed by atoms with Crippen LogP contribution in [0.15, 0.2) is 24.3 Å². The minimum Gasteiger partial charge on any atom is -0.662 e. The van der Waals surface area contributed by atoms with Gasteiger partial charge in [-0.05, 0) is 5.91 Å². The van der Waals surface area contributed by atoms with Crippen LogP contribution in [0, 0.1) is 6.07 Å². The summed E-state index contributed by atoms with van der Waals surface area (Å²) in [5, 5.41) is 5.59. The number of ether oxygens (including phenoxy) is 1. The van der Waals surface area contributed by atoms with Gasteiger partial charge in [0.1, 0.15) is 6.61 Å². The fraction of sp³-hybridized carbons (Fsp3) is 0.182. The molecule has 2 rings (SSSR count). The molecule has 1 aliphatic heterocycles. The van der Waals surface area contributed by atoms with Gasteiger partial charge in [0.15, 0.2) is 0 Å². The Morgan fingerprint density at radius 3 is 2.83 bits per heavy atom. The van der Waals surface area contributed by atoms with E-state index in [1.807, 2.05) is 5.32 Å². The summed E-state index contributed by atoms with van der Waals surface area (Å²) in [6, 6.07) is 9.14. The van der Waals surface area contributed by atoms with Crippen LogP contribution in [0.3, 0.4) is 0 Å². The van der Waals surface area contributed by atoms with Crippen molar-refractivity contribution in [2.24, 2.45) is 0 Å². The summed E-state index contributed by atoms with van der Waals surface area (Å²) in [4.78, 5) is 33.6. The van der Waals surface area contributed by atoms with Crippen LogP contribution in [-0.2, 0) is 35.4 Å². The Balaban J connectivity index is 0.00000162. The summed E-state index contributed by atoms with van der Waals surface area (Å²) < 4.78 is 4.83. The Bertz CT molecular complexity index is 463. The van der Waals surface area contributed by atoms with Crippen LogP contribution in [0.4, 0.5) is 0 Å². The molecule has 0 radical (unpaired) electrons. The van der Waals surface area contributed by atoms with E-state index < -0.39 is 23.9 Å². The van der Waals surface area contributed by atoms with Crippen LogP contribution in [-0.4, -0.2) is 30.6 Å². The third-order valence-corrected chi connectivity index (χ3v) is 2.03. The van der Waals surface area contributed by atoms with Crippen LogP contribution < -0.4 is 5.32 Å². The zero-order valence-electron chi connectivity index (χ0n) is 9.08. The van der Waals surface area contributed by atoms with Crippen molar-refractivity contribution in [2.45, 2.75) is 6.23 Å². The predicted octanol–water partition coefficient (Wildman–Crippen LogP) is -0.00271. The van der Waals surface area contributed by atoms with Crippen molar-refractivity contribution < 1.29 is 40.2 Å². The molecule has 92 valence electrons. The molecule has 1 aromatic rings. The van der Waals surface area contributed by atoms with Crippen molar-refractivity contribution in [1.82, 2.24) is 5.32 Å². The van der Waals surface area contributed by atoms with Gasteiger partial charge in [-0.25, -0.2) is 0 Å². The maximum Gasteiger partial charge on any atom is 2.00 e. The number of hydrogen-bond donors (Lipinski definition) is 1. The SMILES string of the molecule is O=C1COC([N-]C(=O)c2[c-]cccc2)C(=O)N1.[W+2]. The number of nitrogens with zero attached hydrogens (tertiary/aromatic N) is 1. The van der Waals surface area contributed by atoms with Gasteiger partial charge in [-0.3, -0.25) is 14.9 Å². The third-order valence-electron chi connectivity index (χ3n) is 2.03. The van der Waals surface area contributed by atoms with Gasteiger partial charge in [0.05, 0.1) is 6.23 Å². The molecule has 0 saturated carbocycles. The van der Waals surface area contributed by atoms with Crippen molar-refractivity contribution in [1.29, 1.82) is 0 Å². The summed E-state index contributed by atoms with van der Waals surface area (Å²) >= 11 is 0. The van der Waals surface area contributed by atoms with Crippen LogP contribution in [0.1, 0.15) is 10.4 Å². The number of amides is 3. The first-order chi connectivity index (χ1) is 8.16. The maximum absolute atomic E-state index is 11.6. The monoisotopic (exact) mass is 416 g/mol. The molecule has 3 amide bonds. The second-order valence-electron chi connectivity index (χ2n) is 3.29. The number of imide groups is 1. The zero-order valence-corrected chi connectivity index (χ0v) is 12.0. The summed E-state index contributed by atoms with van der Waals surface area (Å²) in [5.74, 6) is -1.88. The molecular weight excluding hydrogens is 408 g/mol. The van der Waals surface area contributed by atoms with E-state index >= 15 is 0 Å². The van der Waals surface area contributed by atoms with Crippen molar-refractivity contribution >= 4 is 17.7 Å². The van der Waals surface area contributed by atoms with E-state index in [0.717, 1.165) is 0 Å². The molecule has 1 N–H and O–H groups in total. The van der Waals surface area contributed by atoms with Gasteiger partial charge in [-0.1, -0.05) is 0 Å². The number of carbonyl (C=O) groups is 3. The minimum atomic E-state index is -1.27. The van der Waals surface area contributed by atoms with Crippen molar-refractivity contribution in [3.8, 4) is 0 Å². The van der Waals surface area contributed by atoms with Gasteiger partial charge in [0, 0.05) is 0 Å². The largest absolute Gasteiger partial charge is 2.00 e. The average Bonchev–Trinajstić information content (AvgIpc) is 2.34. The Hall–Kier alpha value is -1.52. The average molecular weight is 416 g/mol. The van der Waals surface area contributed by atoms with E-state index in [-0.39, 0.29) is 33.2 Å². The number of morpholine rings is 1. The molecule has 1 saturated heterocycles. The first-order valence-corrected chi connectivity index (χ1v) is 4.84. The van der Waals surface area contributed by atoms with Crippen LogP contribution >= 0.6 is 0 Å². The molecule has 1 aromatic carbocycles. The molecule has 0 spiro atoms. The molecule has 0 aliphatic carbocycles. The third kappa shape index (κ3) is 3.48. The maximum atomic E-state index is 11.6. The van der Waals surface area contributed by atoms with E-state index in [1.165, 1.54) is 6.07 Å². The quantitative estimate of drug-likeness (QED) is 0.544. The molecule has 1 unspecified atom stereocenters. The van der Waals surface area contributed by atoms with E-state index in [9.17, 15) is 14.4 Å². The van der Waals surface area contributed by atoms with E-state index in [4.69, 9.17) is 4.74 Å². The summed E-state index contributed by atoms with van der Waals surface area (Å²) in [6.45, 7) is -0.286. The van der Waals surface area contributed by atoms with Gasteiger partial charge in [0.2, 0.25) is 5.91 Å². The molecule has 7 heteroatoms. The zero-order chi connectivity index (χ0) is 12.3. The summed E-state index contributed by atoms with van der Waals surface area (Å²) in [6.07, 6.45) is -1.27. The molecule has 0 bridgehead atoms. The smallest absolute Gasteiger partial charge is 0.662 e.